The van der Waals surface area contributed by atoms with Crippen LogP contribution in [-0.4, -0.2) is 54.6 Å². The van der Waals surface area contributed by atoms with Crippen molar-refractivity contribution in [2.75, 3.05) is 38.0 Å². The summed E-state index contributed by atoms with van der Waals surface area (Å²) in [6, 6.07) is 1.61. The number of aromatic nitrogens is 1. The highest BCUT2D eigenvalue weighted by molar-refractivity contribution is 6.19. The Morgan fingerprint density at radius 3 is 2.70 bits per heavy atom. The molecule has 0 saturated heterocycles. The van der Waals surface area contributed by atoms with Crippen LogP contribution in [0, 0.1) is 12.3 Å². The van der Waals surface area contributed by atoms with Crippen molar-refractivity contribution in [1.29, 1.82) is 0 Å². The number of rotatable bonds is 9. The molecule has 0 aromatic carbocycles. The minimum atomic E-state index is -0.737. The van der Waals surface area contributed by atoms with Crippen molar-refractivity contribution in [3.05, 3.63) is 11.8 Å². The molecule has 1 aromatic rings. The zero-order chi connectivity index (χ0) is 17.5. The number of anilines is 1. The second kappa shape index (κ2) is 8.88. The van der Waals surface area contributed by atoms with Crippen LogP contribution in [0.25, 0.3) is 0 Å². The first-order chi connectivity index (χ1) is 10.8. The van der Waals surface area contributed by atoms with Gasteiger partial charge in [0.2, 0.25) is 11.8 Å². The van der Waals surface area contributed by atoms with E-state index in [9.17, 15) is 9.59 Å². The normalized spacial score (nSPS) is 11.3. The van der Waals surface area contributed by atoms with Crippen molar-refractivity contribution < 1.29 is 18.8 Å². The van der Waals surface area contributed by atoms with Gasteiger partial charge in [0, 0.05) is 32.2 Å². The fourth-order valence-electron chi connectivity index (χ4n) is 1.92. The zero-order valence-corrected chi connectivity index (χ0v) is 14.8. The van der Waals surface area contributed by atoms with Gasteiger partial charge >= 0.3 is 0 Å². The molecule has 0 aliphatic heterocycles. The fraction of sp³-hybridized carbons (Fsp3) is 0.667. The number of hydrogen-bond donors (Lipinski definition) is 1. The molecular formula is C15H24ClN3O4. The number of aryl methyl sites for hydroxylation is 1. The third kappa shape index (κ3) is 6.19. The number of ether oxygens (including phenoxy) is 1. The van der Waals surface area contributed by atoms with Crippen LogP contribution in [0.5, 0.6) is 0 Å². The van der Waals surface area contributed by atoms with Crippen molar-refractivity contribution >= 4 is 29.2 Å². The van der Waals surface area contributed by atoms with E-state index in [1.165, 1.54) is 4.90 Å². The number of amides is 2. The Kier molecular flexibility index (Phi) is 7.51. The van der Waals surface area contributed by atoms with Gasteiger partial charge in [-0.3, -0.25) is 9.59 Å². The maximum atomic E-state index is 12.6. The summed E-state index contributed by atoms with van der Waals surface area (Å²) in [5.41, 5.74) is -0.737. The maximum Gasteiger partial charge on any atom is 0.245 e. The molecule has 0 aliphatic carbocycles. The summed E-state index contributed by atoms with van der Waals surface area (Å²) in [7, 11) is 1.59. The number of methoxy groups -OCH3 is 1. The third-order valence-electron chi connectivity index (χ3n) is 3.21. The average molecular weight is 346 g/mol. The average Bonchev–Trinajstić information content (AvgIpc) is 2.90. The predicted octanol–water partition coefficient (Wildman–Crippen LogP) is 2.05. The molecule has 1 heterocycles. The molecule has 0 atom stereocenters. The smallest absolute Gasteiger partial charge is 0.245 e. The quantitative estimate of drug-likeness (QED) is 0.547. The molecule has 130 valence electrons. The van der Waals surface area contributed by atoms with Crippen LogP contribution in [-0.2, 0) is 14.3 Å². The summed E-state index contributed by atoms with van der Waals surface area (Å²) in [5.74, 6) is 0.589. The topological polar surface area (TPSA) is 84.7 Å². The van der Waals surface area contributed by atoms with Gasteiger partial charge in [0.1, 0.15) is 5.76 Å². The Morgan fingerprint density at radius 1 is 1.48 bits per heavy atom. The number of alkyl halides is 1. The highest BCUT2D eigenvalue weighted by Gasteiger charge is 2.32. The molecule has 7 nitrogen and oxygen atoms in total. The lowest BCUT2D eigenvalue weighted by Crippen LogP contribution is -2.46. The molecule has 1 rings (SSSR count). The highest BCUT2D eigenvalue weighted by atomic mass is 35.5. The molecule has 0 radical (unpaired) electrons. The molecule has 1 N–H and O–H groups in total. The lowest BCUT2D eigenvalue weighted by Gasteiger charge is -2.30. The first kappa shape index (κ1) is 19.4. The van der Waals surface area contributed by atoms with Gasteiger partial charge in [-0.15, -0.1) is 11.6 Å². The largest absolute Gasteiger partial charge is 0.385 e. The molecule has 0 saturated carbocycles. The van der Waals surface area contributed by atoms with Gasteiger partial charge in [-0.2, -0.15) is 0 Å². The van der Waals surface area contributed by atoms with Gasteiger partial charge in [0.25, 0.3) is 0 Å². The van der Waals surface area contributed by atoms with Crippen LogP contribution in [0.1, 0.15) is 26.0 Å². The van der Waals surface area contributed by atoms with Crippen molar-refractivity contribution in [3.8, 4) is 0 Å². The second-order valence-corrected chi connectivity index (χ2v) is 6.23. The van der Waals surface area contributed by atoms with E-state index in [1.54, 1.807) is 33.9 Å². The first-order valence-corrected chi connectivity index (χ1v) is 7.91. The van der Waals surface area contributed by atoms with Gasteiger partial charge in [-0.05, 0) is 27.2 Å². The summed E-state index contributed by atoms with van der Waals surface area (Å²) >= 11 is 5.87. The number of halogens is 1. The first-order valence-electron chi connectivity index (χ1n) is 7.37. The molecule has 1 aromatic heterocycles. The number of nitrogens with zero attached hydrogens (tertiary/aromatic N) is 2. The van der Waals surface area contributed by atoms with Gasteiger partial charge < -0.3 is 19.5 Å². The Balaban J connectivity index is 2.71. The Labute approximate surface area is 141 Å². The van der Waals surface area contributed by atoms with Gasteiger partial charge in [0.15, 0.2) is 5.82 Å². The van der Waals surface area contributed by atoms with Crippen molar-refractivity contribution in [3.63, 3.8) is 0 Å². The number of hydrogen-bond acceptors (Lipinski definition) is 5. The lowest BCUT2D eigenvalue weighted by atomic mass is 9.94. The fourth-order valence-corrected chi connectivity index (χ4v) is 2.03. The molecular weight excluding hydrogens is 322 g/mol. The Bertz CT molecular complexity index is 531. The standard InChI is InChI=1S/C15H24ClN3O4/c1-11-8-12(18-23-11)17-13(20)9-19(6-5-7-22-4)14(21)15(2,3)10-16/h8H,5-7,9-10H2,1-4H3,(H,17,18,20). The number of carbonyl (C=O) groups excluding carboxylic acids is 2. The molecule has 0 unspecified atom stereocenters. The zero-order valence-electron chi connectivity index (χ0n) is 14.0. The molecule has 0 bridgehead atoms. The van der Waals surface area contributed by atoms with Crippen LogP contribution < -0.4 is 5.32 Å². The van der Waals surface area contributed by atoms with Crippen molar-refractivity contribution in [2.24, 2.45) is 5.41 Å². The highest BCUT2D eigenvalue weighted by Crippen LogP contribution is 2.21. The minimum absolute atomic E-state index is 0.0746. The molecule has 23 heavy (non-hydrogen) atoms. The summed E-state index contributed by atoms with van der Waals surface area (Å²) in [6.45, 7) is 6.09. The maximum absolute atomic E-state index is 12.6. The summed E-state index contributed by atoms with van der Waals surface area (Å²) in [4.78, 5) is 26.2. The van der Waals surface area contributed by atoms with E-state index >= 15 is 0 Å². The minimum Gasteiger partial charge on any atom is -0.385 e. The lowest BCUT2D eigenvalue weighted by molar-refractivity contribution is -0.141. The Morgan fingerprint density at radius 2 is 2.17 bits per heavy atom. The SMILES string of the molecule is COCCCN(CC(=O)Nc1cc(C)on1)C(=O)C(C)(C)CCl. The summed E-state index contributed by atoms with van der Waals surface area (Å²) < 4.78 is 9.89. The van der Waals surface area contributed by atoms with Crippen LogP contribution in [0.15, 0.2) is 10.6 Å². The molecule has 0 aliphatic rings. The Hall–Kier alpha value is -1.60. The van der Waals surface area contributed by atoms with E-state index < -0.39 is 5.41 Å². The van der Waals surface area contributed by atoms with Crippen LogP contribution >= 0.6 is 11.6 Å². The number of nitrogens with one attached hydrogen (secondary N) is 1. The van der Waals surface area contributed by atoms with Gasteiger partial charge in [-0.25, -0.2) is 0 Å². The third-order valence-corrected chi connectivity index (χ3v) is 3.87. The van der Waals surface area contributed by atoms with Crippen LogP contribution in [0.3, 0.4) is 0 Å². The van der Waals surface area contributed by atoms with Crippen molar-refractivity contribution in [1.82, 2.24) is 10.1 Å². The second-order valence-electron chi connectivity index (χ2n) is 5.96. The van der Waals surface area contributed by atoms with Crippen LogP contribution in [0.2, 0.25) is 0 Å². The summed E-state index contributed by atoms with van der Waals surface area (Å²) in [5, 5.41) is 6.30. The number of carbonyl (C=O) groups is 2. The molecule has 8 heteroatoms. The van der Waals surface area contributed by atoms with E-state index in [4.69, 9.17) is 20.9 Å². The predicted molar refractivity (Wildman–Crippen MR) is 87.4 cm³/mol. The van der Waals surface area contributed by atoms with Gasteiger partial charge in [-0.1, -0.05) is 5.16 Å². The monoisotopic (exact) mass is 345 g/mol. The van der Waals surface area contributed by atoms with E-state index in [1.807, 2.05) is 0 Å². The molecule has 2 amide bonds. The van der Waals surface area contributed by atoms with E-state index in [0.29, 0.717) is 31.2 Å². The van der Waals surface area contributed by atoms with Crippen LogP contribution in [0.4, 0.5) is 5.82 Å². The van der Waals surface area contributed by atoms with E-state index in [-0.39, 0.29) is 24.2 Å². The summed E-state index contributed by atoms with van der Waals surface area (Å²) in [6.07, 6.45) is 0.636. The van der Waals surface area contributed by atoms with E-state index in [0.717, 1.165) is 0 Å². The van der Waals surface area contributed by atoms with Gasteiger partial charge in [0.05, 0.1) is 12.0 Å². The van der Waals surface area contributed by atoms with E-state index in [2.05, 4.69) is 10.5 Å². The molecule has 0 fully saturated rings. The van der Waals surface area contributed by atoms with Crippen molar-refractivity contribution in [2.45, 2.75) is 27.2 Å². The molecule has 0 spiro atoms.